The third-order valence-corrected chi connectivity index (χ3v) is 6.03. The standard InChI is InChI=1S/C19H26N2OS2.C2H2O4/c1-15(9-5-4-6-13-21(2)3)24-19-16(10-7-12-20-19)18(22)17-11-8-14-23-17;3-1(4)2(5)6/h7-8,10-12,14-15H,4-6,9,13H2,1-3H3;(H,3,4)(H,5,6). The molecular weight excluding hydrogens is 424 g/mol. The van der Waals surface area contributed by atoms with Crippen molar-refractivity contribution in [1.82, 2.24) is 9.88 Å². The van der Waals surface area contributed by atoms with E-state index in [9.17, 15) is 4.79 Å². The molecule has 0 aliphatic carbocycles. The van der Waals surface area contributed by atoms with Gasteiger partial charge in [0.25, 0.3) is 0 Å². The lowest BCUT2D eigenvalue weighted by Gasteiger charge is -2.13. The molecule has 9 heteroatoms. The number of ketones is 1. The quantitative estimate of drug-likeness (QED) is 0.240. The van der Waals surface area contributed by atoms with E-state index in [1.807, 2.05) is 29.6 Å². The van der Waals surface area contributed by atoms with Crippen molar-refractivity contribution >= 4 is 40.8 Å². The van der Waals surface area contributed by atoms with E-state index < -0.39 is 11.9 Å². The van der Waals surface area contributed by atoms with E-state index in [1.54, 1.807) is 18.0 Å². The summed E-state index contributed by atoms with van der Waals surface area (Å²) in [5.41, 5.74) is 0.726. The second-order valence-corrected chi connectivity index (χ2v) is 9.23. The van der Waals surface area contributed by atoms with Gasteiger partial charge in [-0.3, -0.25) is 4.79 Å². The number of carboxylic acids is 2. The maximum absolute atomic E-state index is 12.6. The van der Waals surface area contributed by atoms with E-state index in [2.05, 4.69) is 30.9 Å². The molecule has 2 heterocycles. The first-order valence-corrected chi connectivity index (χ1v) is 11.3. The lowest BCUT2D eigenvalue weighted by Crippen LogP contribution is -2.12. The number of unbranched alkanes of at least 4 members (excludes halogenated alkanes) is 2. The van der Waals surface area contributed by atoms with Crippen LogP contribution in [0.2, 0.25) is 0 Å². The maximum atomic E-state index is 12.6. The predicted octanol–water partition coefficient (Wildman–Crippen LogP) is 4.13. The fourth-order valence-electron chi connectivity index (χ4n) is 2.48. The lowest BCUT2D eigenvalue weighted by atomic mass is 10.1. The van der Waals surface area contributed by atoms with Gasteiger partial charge in [-0.25, -0.2) is 14.6 Å². The second-order valence-electron chi connectivity index (χ2n) is 6.85. The van der Waals surface area contributed by atoms with E-state index in [0.717, 1.165) is 28.4 Å². The highest BCUT2D eigenvalue weighted by Crippen LogP contribution is 2.29. The van der Waals surface area contributed by atoms with E-state index >= 15 is 0 Å². The van der Waals surface area contributed by atoms with Crippen LogP contribution in [-0.2, 0) is 9.59 Å². The topological polar surface area (TPSA) is 108 Å². The average molecular weight is 453 g/mol. The van der Waals surface area contributed by atoms with Crippen molar-refractivity contribution in [2.24, 2.45) is 0 Å². The Morgan fingerprint density at radius 3 is 2.37 bits per heavy atom. The summed E-state index contributed by atoms with van der Waals surface area (Å²) in [4.78, 5) is 38.3. The summed E-state index contributed by atoms with van der Waals surface area (Å²) in [6, 6.07) is 7.53. The average Bonchev–Trinajstić information content (AvgIpc) is 3.22. The lowest BCUT2D eigenvalue weighted by molar-refractivity contribution is -0.159. The number of rotatable bonds is 10. The molecular formula is C21H28N2O5S2. The van der Waals surface area contributed by atoms with Gasteiger partial charge in [-0.05, 0) is 57.1 Å². The molecule has 0 aliphatic heterocycles. The van der Waals surface area contributed by atoms with Crippen LogP contribution in [-0.4, -0.2) is 63.7 Å². The van der Waals surface area contributed by atoms with Crippen LogP contribution in [0.5, 0.6) is 0 Å². The van der Waals surface area contributed by atoms with Gasteiger partial charge in [-0.15, -0.1) is 23.1 Å². The highest BCUT2D eigenvalue weighted by Gasteiger charge is 2.17. The summed E-state index contributed by atoms with van der Waals surface area (Å²) in [6.07, 6.45) is 6.66. The molecule has 0 radical (unpaired) electrons. The van der Waals surface area contributed by atoms with Crippen LogP contribution in [0.15, 0.2) is 40.9 Å². The van der Waals surface area contributed by atoms with Gasteiger partial charge in [0.1, 0.15) is 5.03 Å². The number of hydrogen-bond donors (Lipinski definition) is 2. The highest BCUT2D eigenvalue weighted by molar-refractivity contribution is 7.99. The molecule has 0 fully saturated rings. The number of carbonyl (C=O) groups is 3. The monoisotopic (exact) mass is 452 g/mol. The van der Waals surface area contributed by atoms with Crippen molar-refractivity contribution in [2.75, 3.05) is 20.6 Å². The third kappa shape index (κ3) is 10.00. The number of hydrogen-bond acceptors (Lipinski definition) is 7. The van der Waals surface area contributed by atoms with Crippen LogP contribution < -0.4 is 0 Å². The van der Waals surface area contributed by atoms with Gasteiger partial charge in [-0.1, -0.05) is 25.8 Å². The van der Waals surface area contributed by atoms with Crippen molar-refractivity contribution in [3.63, 3.8) is 0 Å². The van der Waals surface area contributed by atoms with E-state index in [-0.39, 0.29) is 5.78 Å². The Morgan fingerprint density at radius 2 is 1.80 bits per heavy atom. The molecule has 30 heavy (non-hydrogen) atoms. The summed E-state index contributed by atoms with van der Waals surface area (Å²) in [5.74, 6) is -3.57. The van der Waals surface area contributed by atoms with Crippen LogP contribution in [0.4, 0.5) is 0 Å². The zero-order chi connectivity index (χ0) is 22.5. The summed E-state index contributed by atoms with van der Waals surface area (Å²) in [6.45, 7) is 3.38. The molecule has 0 amide bonds. The van der Waals surface area contributed by atoms with Crippen LogP contribution in [0, 0.1) is 0 Å². The Morgan fingerprint density at radius 1 is 1.10 bits per heavy atom. The first-order chi connectivity index (χ1) is 14.2. The second kappa shape index (κ2) is 13.9. The fraction of sp³-hybridized carbons (Fsp3) is 0.429. The molecule has 7 nitrogen and oxygen atoms in total. The molecule has 2 aromatic heterocycles. The minimum Gasteiger partial charge on any atom is -0.473 e. The normalized spacial score (nSPS) is 11.5. The molecule has 2 N–H and O–H groups in total. The van der Waals surface area contributed by atoms with Crippen LogP contribution in [0.1, 0.15) is 47.8 Å². The van der Waals surface area contributed by atoms with Gasteiger partial charge in [0.05, 0.1) is 10.4 Å². The van der Waals surface area contributed by atoms with E-state index in [1.165, 1.54) is 30.6 Å². The van der Waals surface area contributed by atoms with Gasteiger partial charge in [0.15, 0.2) is 0 Å². The Balaban J connectivity index is 0.000000656. The Bertz CT molecular complexity index is 797. The Labute approximate surface area is 185 Å². The molecule has 1 atom stereocenters. The number of aromatic nitrogens is 1. The Kier molecular flexibility index (Phi) is 12.0. The van der Waals surface area contributed by atoms with E-state index in [4.69, 9.17) is 19.8 Å². The molecule has 0 aliphatic rings. The van der Waals surface area contributed by atoms with Crippen LogP contribution >= 0.6 is 23.1 Å². The minimum atomic E-state index is -1.82. The molecule has 0 saturated heterocycles. The molecule has 2 aromatic rings. The zero-order valence-electron chi connectivity index (χ0n) is 17.4. The van der Waals surface area contributed by atoms with Gasteiger partial charge in [0, 0.05) is 11.4 Å². The summed E-state index contributed by atoms with van der Waals surface area (Å²) in [7, 11) is 4.23. The van der Waals surface area contributed by atoms with Crippen molar-refractivity contribution in [2.45, 2.75) is 42.9 Å². The molecule has 2 rings (SSSR count). The first-order valence-electron chi connectivity index (χ1n) is 9.53. The molecule has 0 bridgehead atoms. The summed E-state index contributed by atoms with van der Waals surface area (Å²) >= 11 is 3.21. The van der Waals surface area contributed by atoms with Gasteiger partial charge < -0.3 is 15.1 Å². The molecule has 0 saturated carbocycles. The maximum Gasteiger partial charge on any atom is 0.414 e. The molecule has 0 aromatic carbocycles. The smallest absolute Gasteiger partial charge is 0.414 e. The molecule has 1 unspecified atom stereocenters. The predicted molar refractivity (Wildman–Crippen MR) is 120 cm³/mol. The van der Waals surface area contributed by atoms with Gasteiger partial charge in [-0.2, -0.15) is 0 Å². The number of nitrogens with zero attached hydrogens (tertiary/aromatic N) is 2. The molecule has 164 valence electrons. The Hall–Kier alpha value is -2.23. The minimum absolute atomic E-state index is 0.0822. The zero-order valence-corrected chi connectivity index (χ0v) is 19.0. The van der Waals surface area contributed by atoms with Crippen LogP contribution in [0.25, 0.3) is 0 Å². The van der Waals surface area contributed by atoms with E-state index in [0.29, 0.717) is 5.25 Å². The van der Waals surface area contributed by atoms with Gasteiger partial charge >= 0.3 is 11.9 Å². The van der Waals surface area contributed by atoms with Gasteiger partial charge in [0.2, 0.25) is 5.78 Å². The van der Waals surface area contributed by atoms with Crippen molar-refractivity contribution in [1.29, 1.82) is 0 Å². The number of thiophene rings is 1. The van der Waals surface area contributed by atoms with Crippen molar-refractivity contribution in [3.05, 3.63) is 46.3 Å². The number of aliphatic carboxylic acids is 2. The largest absolute Gasteiger partial charge is 0.473 e. The number of thioether (sulfide) groups is 1. The third-order valence-electron chi connectivity index (χ3n) is 3.97. The van der Waals surface area contributed by atoms with Crippen LogP contribution in [0.3, 0.4) is 0 Å². The summed E-state index contributed by atoms with van der Waals surface area (Å²) < 4.78 is 0. The SMILES string of the molecule is CC(CCCCCN(C)C)Sc1ncccc1C(=O)c1cccs1.O=C(O)C(=O)O. The first kappa shape index (κ1) is 25.8. The number of carbonyl (C=O) groups excluding carboxylic acids is 1. The summed E-state index contributed by atoms with van der Waals surface area (Å²) in [5, 5.41) is 18.0. The van der Waals surface area contributed by atoms with Crippen molar-refractivity contribution in [3.8, 4) is 0 Å². The highest BCUT2D eigenvalue weighted by atomic mass is 32.2. The fourth-order valence-corrected chi connectivity index (χ4v) is 4.24. The van der Waals surface area contributed by atoms with Crippen molar-refractivity contribution < 1.29 is 24.6 Å². The number of carboxylic acid groups (broad SMARTS) is 2. The number of pyridine rings is 1. The molecule has 0 spiro atoms.